The van der Waals surface area contributed by atoms with E-state index < -0.39 is 0 Å². The van der Waals surface area contributed by atoms with Crippen molar-refractivity contribution in [1.29, 1.82) is 0 Å². The Kier molecular flexibility index (Phi) is 3.86. The molecule has 1 heterocycles. The molecular formula is C14H25ClN2. The van der Waals surface area contributed by atoms with Crippen LogP contribution in [0, 0.1) is 5.92 Å². The van der Waals surface area contributed by atoms with Crippen LogP contribution in [0.3, 0.4) is 0 Å². The van der Waals surface area contributed by atoms with E-state index in [1.54, 1.807) is 5.54 Å². The summed E-state index contributed by atoms with van der Waals surface area (Å²) >= 11 is 5.68. The Bertz CT molecular complexity index is 301. The van der Waals surface area contributed by atoms with Crippen LogP contribution in [0.15, 0.2) is 11.6 Å². The van der Waals surface area contributed by atoms with Gasteiger partial charge in [-0.2, -0.15) is 0 Å². The van der Waals surface area contributed by atoms with Crippen molar-refractivity contribution in [2.75, 3.05) is 19.6 Å². The summed E-state index contributed by atoms with van der Waals surface area (Å²) in [7, 11) is 0. The lowest BCUT2D eigenvalue weighted by molar-refractivity contribution is 0.0200. The second kappa shape index (κ2) is 4.91. The monoisotopic (exact) mass is 256 g/mol. The van der Waals surface area contributed by atoms with E-state index in [0.717, 1.165) is 25.6 Å². The predicted octanol–water partition coefficient (Wildman–Crippen LogP) is 2.98. The fourth-order valence-corrected chi connectivity index (χ4v) is 3.02. The van der Waals surface area contributed by atoms with Crippen LogP contribution in [-0.4, -0.2) is 35.6 Å². The third kappa shape index (κ3) is 2.69. The summed E-state index contributed by atoms with van der Waals surface area (Å²) in [5.41, 5.74) is 2.23. The molecule has 2 fully saturated rings. The van der Waals surface area contributed by atoms with Crippen LogP contribution < -0.4 is 5.32 Å². The molecule has 1 saturated carbocycles. The smallest absolute Gasteiger partial charge is 0.0309 e. The van der Waals surface area contributed by atoms with Crippen molar-refractivity contribution >= 4 is 11.6 Å². The lowest BCUT2D eigenvalue weighted by Gasteiger charge is -2.52. The Morgan fingerprint density at radius 2 is 2.12 bits per heavy atom. The molecule has 2 nitrogen and oxygen atoms in total. The van der Waals surface area contributed by atoms with Gasteiger partial charge in [0.1, 0.15) is 0 Å². The van der Waals surface area contributed by atoms with E-state index in [1.807, 2.05) is 0 Å². The molecule has 0 aromatic heterocycles. The molecule has 0 bridgehead atoms. The second-order valence-corrected chi connectivity index (χ2v) is 6.39. The van der Waals surface area contributed by atoms with Gasteiger partial charge >= 0.3 is 0 Å². The SMILES string of the molecule is CCC1(C)CNC(C)(C2CC2)CN1C/C=C/Cl. The lowest BCUT2D eigenvalue weighted by atomic mass is 9.84. The van der Waals surface area contributed by atoms with Crippen molar-refractivity contribution in [2.45, 2.75) is 51.1 Å². The average molecular weight is 257 g/mol. The summed E-state index contributed by atoms with van der Waals surface area (Å²) in [5.74, 6) is 0.881. The van der Waals surface area contributed by atoms with Gasteiger partial charge in [-0.3, -0.25) is 4.90 Å². The minimum absolute atomic E-state index is 0.269. The largest absolute Gasteiger partial charge is 0.308 e. The predicted molar refractivity (Wildman–Crippen MR) is 74.4 cm³/mol. The third-order valence-electron chi connectivity index (χ3n) is 4.81. The van der Waals surface area contributed by atoms with Gasteiger partial charge in [-0.15, -0.1) is 0 Å². The Balaban J connectivity index is 2.09. The van der Waals surface area contributed by atoms with Crippen LogP contribution in [0.4, 0.5) is 0 Å². The van der Waals surface area contributed by atoms with Crippen LogP contribution in [0.25, 0.3) is 0 Å². The summed E-state index contributed by atoms with van der Waals surface area (Å²) in [6.07, 6.45) is 6.03. The molecule has 3 heteroatoms. The molecule has 1 saturated heterocycles. The van der Waals surface area contributed by atoms with Gasteiger partial charge in [-0.1, -0.05) is 24.6 Å². The Morgan fingerprint density at radius 1 is 1.41 bits per heavy atom. The zero-order valence-corrected chi connectivity index (χ0v) is 12.1. The van der Waals surface area contributed by atoms with Crippen molar-refractivity contribution in [3.8, 4) is 0 Å². The summed E-state index contributed by atoms with van der Waals surface area (Å²) in [6, 6.07) is 0. The van der Waals surface area contributed by atoms with E-state index in [9.17, 15) is 0 Å². The molecule has 1 aliphatic heterocycles. The molecule has 0 amide bonds. The van der Waals surface area contributed by atoms with Crippen LogP contribution in [-0.2, 0) is 0 Å². The summed E-state index contributed by atoms with van der Waals surface area (Å²) in [6.45, 7) is 10.2. The van der Waals surface area contributed by atoms with E-state index >= 15 is 0 Å². The summed E-state index contributed by atoms with van der Waals surface area (Å²) in [4.78, 5) is 2.60. The minimum Gasteiger partial charge on any atom is -0.308 e. The first kappa shape index (κ1) is 13.4. The molecule has 2 atom stereocenters. The molecule has 0 aromatic rings. The molecule has 0 spiro atoms. The maximum absolute atomic E-state index is 5.68. The van der Waals surface area contributed by atoms with Crippen molar-refractivity contribution in [3.05, 3.63) is 11.6 Å². The minimum atomic E-state index is 0.269. The normalized spacial score (nSPS) is 40.0. The fourth-order valence-electron chi connectivity index (χ4n) is 2.94. The Morgan fingerprint density at radius 3 is 2.65 bits per heavy atom. The standard InChI is InChI=1S/C14H25ClN2/c1-4-13(2)10-16-14(3,12-6-7-12)11-17(13)9-5-8-15/h5,8,12,16H,4,6-7,9-11H2,1-3H3/b8-5+. The van der Waals surface area contributed by atoms with Gasteiger partial charge in [0.25, 0.3) is 0 Å². The molecular weight excluding hydrogens is 232 g/mol. The Labute approximate surface area is 110 Å². The number of hydrogen-bond donors (Lipinski definition) is 1. The molecule has 98 valence electrons. The van der Waals surface area contributed by atoms with E-state index in [2.05, 4.69) is 37.1 Å². The number of hydrogen-bond acceptors (Lipinski definition) is 2. The molecule has 0 aromatic carbocycles. The lowest BCUT2D eigenvalue weighted by Crippen LogP contribution is -2.68. The van der Waals surface area contributed by atoms with Crippen molar-refractivity contribution in [1.82, 2.24) is 10.2 Å². The van der Waals surface area contributed by atoms with Crippen molar-refractivity contribution in [3.63, 3.8) is 0 Å². The average Bonchev–Trinajstić information content (AvgIpc) is 3.15. The highest BCUT2D eigenvalue weighted by Gasteiger charge is 2.48. The van der Waals surface area contributed by atoms with Gasteiger partial charge in [0.2, 0.25) is 0 Å². The molecule has 2 rings (SSSR count). The Hall–Kier alpha value is -0.0500. The first-order valence-electron chi connectivity index (χ1n) is 6.79. The van der Waals surface area contributed by atoms with Gasteiger partial charge in [0, 0.05) is 36.2 Å². The van der Waals surface area contributed by atoms with E-state index in [0.29, 0.717) is 5.54 Å². The van der Waals surface area contributed by atoms with Gasteiger partial charge in [-0.25, -0.2) is 0 Å². The number of halogens is 1. The third-order valence-corrected chi connectivity index (χ3v) is 4.99. The summed E-state index contributed by atoms with van der Waals surface area (Å²) in [5, 5.41) is 3.81. The highest BCUT2D eigenvalue weighted by molar-refractivity contribution is 6.25. The van der Waals surface area contributed by atoms with E-state index in [4.69, 9.17) is 11.6 Å². The topological polar surface area (TPSA) is 15.3 Å². The van der Waals surface area contributed by atoms with E-state index in [-0.39, 0.29) is 5.54 Å². The number of rotatable bonds is 4. The quantitative estimate of drug-likeness (QED) is 0.832. The maximum atomic E-state index is 5.68. The number of nitrogens with zero attached hydrogens (tertiary/aromatic N) is 1. The van der Waals surface area contributed by atoms with Crippen molar-refractivity contribution in [2.24, 2.45) is 5.92 Å². The highest BCUT2D eigenvalue weighted by Crippen LogP contribution is 2.42. The van der Waals surface area contributed by atoms with Gasteiger partial charge in [-0.05, 0) is 39.0 Å². The van der Waals surface area contributed by atoms with Crippen LogP contribution in [0.2, 0.25) is 0 Å². The highest BCUT2D eigenvalue weighted by atomic mass is 35.5. The van der Waals surface area contributed by atoms with Crippen LogP contribution in [0.1, 0.15) is 40.0 Å². The van der Waals surface area contributed by atoms with Gasteiger partial charge in [0.05, 0.1) is 0 Å². The zero-order chi connectivity index (χ0) is 12.5. The van der Waals surface area contributed by atoms with Crippen molar-refractivity contribution < 1.29 is 0 Å². The van der Waals surface area contributed by atoms with Gasteiger partial charge in [0.15, 0.2) is 0 Å². The molecule has 1 aliphatic carbocycles. The molecule has 0 radical (unpaired) electrons. The molecule has 2 unspecified atom stereocenters. The second-order valence-electron chi connectivity index (χ2n) is 6.14. The molecule has 1 N–H and O–H groups in total. The maximum Gasteiger partial charge on any atom is 0.0309 e. The first-order valence-corrected chi connectivity index (χ1v) is 7.23. The molecule has 17 heavy (non-hydrogen) atoms. The molecule has 2 aliphatic rings. The zero-order valence-electron chi connectivity index (χ0n) is 11.3. The first-order chi connectivity index (χ1) is 8.04. The number of piperazine rings is 1. The number of nitrogens with one attached hydrogen (secondary N) is 1. The van der Waals surface area contributed by atoms with E-state index in [1.165, 1.54) is 19.3 Å². The summed E-state index contributed by atoms with van der Waals surface area (Å²) < 4.78 is 0. The van der Waals surface area contributed by atoms with Crippen LogP contribution in [0.5, 0.6) is 0 Å². The fraction of sp³-hybridized carbons (Fsp3) is 0.857. The van der Waals surface area contributed by atoms with Crippen LogP contribution >= 0.6 is 11.6 Å². The van der Waals surface area contributed by atoms with Gasteiger partial charge < -0.3 is 5.32 Å².